The van der Waals surface area contributed by atoms with Crippen molar-refractivity contribution in [2.24, 2.45) is 0 Å². The summed E-state index contributed by atoms with van der Waals surface area (Å²) in [6.45, 7) is 6.33. The van der Waals surface area contributed by atoms with Crippen molar-refractivity contribution in [3.8, 4) is 22.9 Å². The van der Waals surface area contributed by atoms with Gasteiger partial charge >= 0.3 is 6.36 Å². The molecule has 0 saturated carbocycles. The molecule has 240 valence electrons. The van der Waals surface area contributed by atoms with E-state index in [9.17, 15) is 22.4 Å². The molecular formula is C30H31F5N6O4. The van der Waals surface area contributed by atoms with Gasteiger partial charge in [-0.2, -0.15) is 0 Å². The van der Waals surface area contributed by atoms with E-state index in [4.69, 9.17) is 20.2 Å². The predicted octanol–water partition coefficient (Wildman–Crippen LogP) is 3.99. The van der Waals surface area contributed by atoms with Gasteiger partial charge in [0.05, 0.1) is 23.1 Å². The minimum absolute atomic E-state index is 0.00285. The number of fused-ring (bicyclic) bond motifs is 5. The second-order valence-corrected chi connectivity index (χ2v) is 12.3. The minimum Gasteiger partial charge on any atom is -0.472 e. The van der Waals surface area contributed by atoms with Crippen LogP contribution in [0.4, 0.5) is 33.5 Å². The quantitative estimate of drug-likeness (QED) is 0.325. The molecule has 0 spiro atoms. The summed E-state index contributed by atoms with van der Waals surface area (Å²) in [5.41, 5.74) is 4.22. The molecule has 15 heteroatoms. The van der Waals surface area contributed by atoms with E-state index in [0.717, 1.165) is 6.07 Å². The Hall–Kier alpha value is -3.98. The molecule has 2 aromatic heterocycles. The number of carbonyl (C=O) groups is 1. The molecule has 2 bridgehead atoms. The number of nitrogens with zero attached hydrogens (tertiary/aromatic N) is 4. The van der Waals surface area contributed by atoms with E-state index < -0.39 is 46.6 Å². The van der Waals surface area contributed by atoms with Gasteiger partial charge in [-0.05, 0) is 45.2 Å². The van der Waals surface area contributed by atoms with Gasteiger partial charge in [0.1, 0.15) is 23.2 Å². The number of ether oxygens (including phenoxy) is 3. The van der Waals surface area contributed by atoms with Crippen LogP contribution >= 0.6 is 0 Å². The molecule has 4 atom stereocenters. The van der Waals surface area contributed by atoms with Crippen molar-refractivity contribution in [2.45, 2.75) is 69.8 Å². The maximum atomic E-state index is 16.7. The van der Waals surface area contributed by atoms with Crippen LogP contribution in [-0.4, -0.2) is 83.7 Å². The number of nitrogens with two attached hydrogens (primary N) is 1. The molecular weight excluding hydrogens is 603 g/mol. The number of likely N-dealkylation sites (tertiary alicyclic amines) is 1. The van der Waals surface area contributed by atoms with Crippen molar-refractivity contribution in [2.75, 3.05) is 37.4 Å². The van der Waals surface area contributed by atoms with E-state index in [1.54, 1.807) is 25.9 Å². The normalized spacial score (nSPS) is 25.9. The van der Waals surface area contributed by atoms with Crippen molar-refractivity contribution < 1.29 is 41.0 Å². The average Bonchev–Trinajstić information content (AvgIpc) is 3.23. The molecule has 4 aliphatic heterocycles. The zero-order chi connectivity index (χ0) is 32.2. The first-order valence-electron chi connectivity index (χ1n) is 14.6. The lowest BCUT2D eigenvalue weighted by Crippen LogP contribution is -2.73. The molecule has 4 aliphatic rings. The molecule has 1 aromatic carbocycles. The number of amides is 1. The summed E-state index contributed by atoms with van der Waals surface area (Å²) in [7, 11) is 1.61. The van der Waals surface area contributed by atoms with Crippen LogP contribution < -0.4 is 25.4 Å². The number of carbonyl (C=O) groups excluding carboxylic acids is 1. The Morgan fingerprint density at radius 2 is 1.91 bits per heavy atom. The molecule has 45 heavy (non-hydrogen) atoms. The Morgan fingerprint density at radius 1 is 1.18 bits per heavy atom. The Kier molecular flexibility index (Phi) is 6.61. The Labute approximate surface area is 254 Å². The standard InChI is InChI=1S/C30H31F5N6O4/c1-12-13(2)37-26-21-20(12)22(32)23(17-7-15(36)8-18(31)25(17)45-30(33,34)35)38-27(21)44-14(3)24-19-5-6-29(39-19,11-41(24)26)28(42)40-9-16(10-40)43-4/h7-8,14,16,19,24,39H,5-6,9-11,36H2,1-4H3. The smallest absolute Gasteiger partial charge is 0.472 e. The second-order valence-electron chi connectivity index (χ2n) is 12.3. The molecule has 3 aromatic rings. The van der Waals surface area contributed by atoms with Crippen LogP contribution in [-0.2, 0) is 9.53 Å². The molecule has 10 nitrogen and oxygen atoms in total. The van der Waals surface area contributed by atoms with Crippen LogP contribution in [0.25, 0.3) is 22.0 Å². The van der Waals surface area contributed by atoms with E-state index in [1.165, 1.54) is 0 Å². The fourth-order valence-corrected chi connectivity index (χ4v) is 7.29. The summed E-state index contributed by atoms with van der Waals surface area (Å²) in [6, 6.07) is 1.10. The number of hydrogen-bond donors (Lipinski definition) is 2. The molecule has 4 unspecified atom stereocenters. The third-order valence-electron chi connectivity index (χ3n) is 9.54. The van der Waals surface area contributed by atoms with E-state index in [0.29, 0.717) is 49.1 Å². The highest BCUT2D eigenvalue weighted by Crippen LogP contribution is 2.48. The highest BCUT2D eigenvalue weighted by molar-refractivity contribution is 6.02. The van der Waals surface area contributed by atoms with E-state index >= 15 is 4.39 Å². The maximum Gasteiger partial charge on any atom is 0.573 e. The summed E-state index contributed by atoms with van der Waals surface area (Å²) in [6.07, 6.45) is -4.62. The first-order chi connectivity index (χ1) is 21.2. The van der Waals surface area contributed by atoms with Crippen LogP contribution in [0.15, 0.2) is 12.1 Å². The largest absolute Gasteiger partial charge is 0.573 e. The Morgan fingerprint density at radius 3 is 2.60 bits per heavy atom. The molecule has 0 radical (unpaired) electrons. The number of aromatic nitrogens is 2. The number of halogens is 5. The fraction of sp³-hybridized carbons (Fsp3) is 0.500. The van der Waals surface area contributed by atoms with Gasteiger partial charge in [0.15, 0.2) is 17.4 Å². The van der Waals surface area contributed by atoms with E-state index in [1.807, 2.05) is 11.8 Å². The number of anilines is 2. The highest BCUT2D eigenvalue weighted by atomic mass is 19.4. The minimum atomic E-state index is -5.28. The molecule has 3 saturated heterocycles. The second kappa shape index (κ2) is 10.0. The number of rotatable bonds is 4. The molecule has 3 fully saturated rings. The first kappa shape index (κ1) is 29.7. The SMILES string of the molecule is COC1CN(C(=O)C23CCC(N2)C2C(C)Oc4nc(-c5cc(N)cc(F)c5OC(F)(F)F)c(F)c5c(C)c(C)nc(c45)N2C3)C1. The third kappa shape index (κ3) is 4.53. The summed E-state index contributed by atoms with van der Waals surface area (Å²) >= 11 is 0. The van der Waals surface area contributed by atoms with Crippen LogP contribution in [0.5, 0.6) is 11.6 Å². The third-order valence-corrected chi connectivity index (χ3v) is 9.54. The monoisotopic (exact) mass is 634 g/mol. The number of alkyl halides is 3. The number of benzene rings is 1. The number of nitrogens with one attached hydrogen (secondary N) is 1. The topological polar surface area (TPSA) is 115 Å². The van der Waals surface area contributed by atoms with Crippen LogP contribution in [0.2, 0.25) is 0 Å². The van der Waals surface area contributed by atoms with Gasteiger partial charge in [-0.25, -0.2) is 18.7 Å². The number of hydrogen-bond acceptors (Lipinski definition) is 9. The van der Waals surface area contributed by atoms with E-state index in [2.05, 4.69) is 15.0 Å². The highest BCUT2D eigenvalue weighted by Gasteiger charge is 2.58. The van der Waals surface area contributed by atoms with E-state index in [-0.39, 0.29) is 53.0 Å². The zero-order valence-electron chi connectivity index (χ0n) is 24.9. The lowest BCUT2D eigenvalue weighted by Gasteiger charge is -2.50. The number of pyridine rings is 2. The molecule has 7 rings (SSSR count). The lowest BCUT2D eigenvalue weighted by atomic mass is 9.91. The predicted molar refractivity (Wildman–Crippen MR) is 153 cm³/mol. The first-order valence-corrected chi connectivity index (χ1v) is 14.6. The van der Waals surface area contributed by atoms with Crippen LogP contribution in [0.1, 0.15) is 31.0 Å². The number of aryl methyl sites for hydroxylation is 2. The maximum absolute atomic E-state index is 16.7. The van der Waals surface area contributed by atoms with Crippen molar-refractivity contribution in [3.63, 3.8) is 0 Å². The summed E-state index contributed by atoms with van der Waals surface area (Å²) < 4.78 is 87.3. The van der Waals surface area contributed by atoms with Crippen molar-refractivity contribution in [1.82, 2.24) is 20.2 Å². The molecule has 3 N–H and O–H groups in total. The van der Waals surface area contributed by atoms with Gasteiger partial charge in [-0.1, -0.05) is 0 Å². The Balaban J connectivity index is 1.41. The van der Waals surface area contributed by atoms with Gasteiger partial charge in [0.25, 0.3) is 0 Å². The molecule has 0 aliphatic carbocycles. The van der Waals surface area contributed by atoms with Gasteiger partial charge in [0.2, 0.25) is 11.8 Å². The summed E-state index contributed by atoms with van der Waals surface area (Å²) in [5, 5.41) is 3.78. The summed E-state index contributed by atoms with van der Waals surface area (Å²) in [4.78, 5) is 26.8. The zero-order valence-corrected chi connectivity index (χ0v) is 24.9. The summed E-state index contributed by atoms with van der Waals surface area (Å²) in [5.74, 6) is -3.49. The van der Waals surface area contributed by atoms with Crippen LogP contribution in [0, 0.1) is 25.5 Å². The van der Waals surface area contributed by atoms with Gasteiger partial charge < -0.3 is 29.7 Å². The number of piperazine rings is 1. The molecule has 6 heterocycles. The fourth-order valence-electron chi connectivity index (χ4n) is 7.29. The number of nitrogen functional groups attached to an aromatic ring is 1. The van der Waals surface area contributed by atoms with Gasteiger partial charge in [-0.3, -0.25) is 10.1 Å². The van der Waals surface area contributed by atoms with Crippen LogP contribution in [0.3, 0.4) is 0 Å². The van der Waals surface area contributed by atoms with Crippen molar-refractivity contribution in [3.05, 3.63) is 35.0 Å². The average molecular weight is 635 g/mol. The van der Waals surface area contributed by atoms with Gasteiger partial charge in [-0.15, -0.1) is 13.2 Å². The van der Waals surface area contributed by atoms with Crippen molar-refractivity contribution >= 4 is 28.2 Å². The van der Waals surface area contributed by atoms with Gasteiger partial charge in [0, 0.05) is 55.6 Å². The number of methoxy groups -OCH3 is 1. The lowest BCUT2D eigenvalue weighted by molar-refractivity contribution is -0.275. The Bertz CT molecular complexity index is 1750. The molecule has 1 amide bonds. The van der Waals surface area contributed by atoms with Crippen molar-refractivity contribution in [1.29, 1.82) is 0 Å².